The Labute approximate surface area is 314 Å². The molecule has 7 rings (SSSR count). The number of benzene rings is 2. The van der Waals surface area contributed by atoms with Crippen LogP contribution in [0.1, 0.15) is 123 Å². The van der Waals surface area contributed by atoms with Crippen LogP contribution in [-0.4, -0.2) is 71.1 Å². The quantitative estimate of drug-likeness (QED) is 0.163. The van der Waals surface area contributed by atoms with Crippen LogP contribution in [0.15, 0.2) is 48.5 Å². The fraction of sp³-hybridized carbons (Fsp3) is 0.500. The fourth-order valence-corrected chi connectivity index (χ4v) is 8.41. The second-order valence-corrected chi connectivity index (χ2v) is 16.8. The maximum absolute atomic E-state index is 14.5. The summed E-state index contributed by atoms with van der Waals surface area (Å²) >= 11 is 0. The summed E-state index contributed by atoms with van der Waals surface area (Å²) in [5, 5.41) is 0.857. The van der Waals surface area contributed by atoms with Crippen molar-refractivity contribution < 1.29 is 23.9 Å². The van der Waals surface area contributed by atoms with Crippen molar-refractivity contribution in [2.75, 3.05) is 31.6 Å². The maximum Gasteiger partial charge on any atom is 0.359 e. The first-order chi connectivity index (χ1) is 25.0. The van der Waals surface area contributed by atoms with E-state index >= 15 is 0 Å². The minimum atomic E-state index is -0.989. The number of carbonyl (C=O) groups is 3. The molecule has 1 saturated carbocycles. The number of carbonyl (C=O) groups excluding carboxylic acids is 3. The Morgan fingerprint density at radius 3 is 2.13 bits per heavy atom. The smallest absolute Gasteiger partial charge is 0.359 e. The molecule has 0 radical (unpaired) electrons. The minimum absolute atomic E-state index is 0.0434. The molecule has 9 nitrogen and oxygen atoms in total. The number of amides is 1. The van der Waals surface area contributed by atoms with Crippen LogP contribution in [0.5, 0.6) is 0 Å². The third-order valence-electron chi connectivity index (χ3n) is 11.1. The first kappa shape index (κ1) is 38.1. The number of fused-ring (bicyclic) bond motifs is 4. The molecule has 2 aliphatic heterocycles. The number of anilines is 1. The van der Waals surface area contributed by atoms with Crippen LogP contribution in [-0.2, 0) is 19.7 Å². The van der Waals surface area contributed by atoms with Gasteiger partial charge in [-0.05, 0) is 141 Å². The van der Waals surface area contributed by atoms with Gasteiger partial charge in [-0.25, -0.2) is 14.6 Å². The number of piperidine rings is 2. The summed E-state index contributed by atoms with van der Waals surface area (Å²) < 4.78 is 10.9. The highest BCUT2D eigenvalue weighted by Crippen LogP contribution is 2.42. The van der Waals surface area contributed by atoms with Gasteiger partial charge in [-0.1, -0.05) is 24.1 Å². The number of aromatic nitrogens is 2. The lowest BCUT2D eigenvalue weighted by Crippen LogP contribution is -2.55. The maximum atomic E-state index is 14.5. The van der Waals surface area contributed by atoms with Crippen LogP contribution in [0, 0.1) is 19.8 Å². The number of aromatic amines is 1. The van der Waals surface area contributed by atoms with Crippen molar-refractivity contribution in [2.24, 2.45) is 5.92 Å². The van der Waals surface area contributed by atoms with Crippen molar-refractivity contribution in [3.8, 4) is 11.3 Å². The molecule has 3 fully saturated rings. The minimum Gasteiger partial charge on any atom is -0.465 e. The molecule has 1 N–H and O–H groups in total. The first-order valence-electron chi connectivity index (χ1n) is 19.1. The lowest BCUT2D eigenvalue weighted by atomic mass is 9.77. The molecule has 0 unspecified atom stereocenters. The van der Waals surface area contributed by atoms with Gasteiger partial charge < -0.3 is 24.3 Å². The normalized spacial score (nSPS) is 17.9. The Bertz CT molecular complexity index is 1990. The highest BCUT2D eigenvalue weighted by Gasteiger charge is 2.44. The number of ether oxygens (including phenoxy) is 2. The van der Waals surface area contributed by atoms with Crippen molar-refractivity contribution in [2.45, 2.75) is 111 Å². The number of methoxy groups -OCH3 is 1. The van der Waals surface area contributed by atoms with Crippen LogP contribution in [0.2, 0.25) is 0 Å². The molecule has 3 aliphatic rings. The zero-order chi connectivity index (χ0) is 38.4. The van der Waals surface area contributed by atoms with Crippen molar-refractivity contribution in [3.05, 3.63) is 82.2 Å². The number of esters is 2. The first-order valence-corrected chi connectivity index (χ1v) is 19.1. The van der Waals surface area contributed by atoms with Crippen molar-refractivity contribution >= 4 is 34.4 Å². The zero-order valence-electron chi connectivity index (χ0n) is 33.2. The van der Waals surface area contributed by atoms with Gasteiger partial charge >= 0.3 is 11.9 Å². The molecule has 1 aliphatic carbocycles. The van der Waals surface area contributed by atoms with Gasteiger partial charge in [0.2, 0.25) is 5.91 Å². The van der Waals surface area contributed by atoms with Crippen molar-refractivity contribution in [1.82, 2.24) is 14.9 Å². The van der Waals surface area contributed by atoms with Crippen LogP contribution < -0.4 is 4.90 Å². The molecule has 282 valence electrons. The largest absolute Gasteiger partial charge is 0.465 e. The number of likely N-dealkylation sites (N-methyl/N-ethyl adjacent to an activating group) is 1. The van der Waals surface area contributed by atoms with E-state index in [9.17, 15) is 14.4 Å². The van der Waals surface area contributed by atoms with E-state index in [0.29, 0.717) is 29.2 Å². The number of hydrogen-bond donors (Lipinski definition) is 1. The van der Waals surface area contributed by atoms with E-state index in [1.807, 2.05) is 52.8 Å². The van der Waals surface area contributed by atoms with Crippen molar-refractivity contribution in [3.63, 3.8) is 0 Å². The molecule has 2 aromatic heterocycles. The third-order valence-corrected chi connectivity index (χ3v) is 11.1. The SMILES string of the molecule is CCN(C[C@@H](C)c1c(-c2cc(C)cc(C)c2)[nH]c2c(C(=O)OC(C)(C)C)nc(C(C)(C)C(=O)N3CC4CCC3CC4)cc12)c1ccc(C(=O)OC)cc1. The molecule has 53 heavy (non-hydrogen) atoms. The Balaban J connectivity index is 1.53. The Morgan fingerprint density at radius 2 is 1.58 bits per heavy atom. The van der Waals surface area contributed by atoms with E-state index in [-0.39, 0.29) is 29.5 Å². The Kier molecular flexibility index (Phi) is 10.5. The highest BCUT2D eigenvalue weighted by molar-refractivity contribution is 6.05. The molecule has 2 saturated heterocycles. The highest BCUT2D eigenvalue weighted by atomic mass is 16.6. The monoisotopic (exact) mass is 720 g/mol. The molecule has 2 bridgehead atoms. The summed E-state index contributed by atoms with van der Waals surface area (Å²) in [5.41, 5.74) is 6.33. The van der Waals surface area contributed by atoms with Crippen LogP contribution in [0.4, 0.5) is 5.69 Å². The average Bonchev–Trinajstić information content (AvgIpc) is 3.52. The second-order valence-electron chi connectivity index (χ2n) is 16.8. The van der Waals surface area contributed by atoms with Gasteiger partial charge in [0.15, 0.2) is 5.69 Å². The van der Waals surface area contributed by atoms with Crippen LogP contribution in [0.25, 0.3) is 22.2 Å². The summed E-state index contributed by atoms with van der Waals surface area (Å²) in [6.45, 7) is 20.1. The van der Waals surface area contributed by atoms with Crippen LogP contribution >= 0.6 is 0 Å². The summed E-state index contributed by atoms with van der Waals surface area (Å²) in [5.74, 6) is -0.343. The summed E-state index contributed by atoms with van der Waals surface area (Å²) in [7, 11) is 1.38. The van der Waals surface area contributed by atoms with E-state index in [1.54, 1.807) is 12.1 Å². The molecule has 9 heteroatoms. The lowest BCUT2D eigenvalue weighted by molar-refractivity contribution is -0.144. The molecule has 0 spiro atoms. The molecule has 4 aromatic rings. The van der Waals surface area contributed by atoms with Gasteiger partial charge in [0.25, 0.3) is 0 Å². The van der Waals surface area contributed by atoms with Crippen molar-refractivity contribution in [1.29, 1.82) is 0 Å². The number of hydrogen-bond acceptors (Lipinski definition) is 7. The van der Waals surface area contributed by atoms with Gasteiger partial charge in [0, 0.05) is 42.7 Å². The summed E-state index contributed by atoms with van der Waals surface area (Å²) in [6, 6.07) is 16.3. The zero-order valence-corrected chi connectivity index (χ0v) is 33.2. The Morgan fingerprint density at radius 1 is 0.943 bits per heavy atom. The molecular weight excluding hydrogens is 665 g/mol. The summed E-state index contributed by atoms with van der Waals surface area (Å²) in [6.07, 6.45) is 4.44. The van der Waals surface area contributed by atoms with E-state index in [2.05, 4.69) is 60.7 Å². The predicted molar refractivity (Wildman–Crippen MR) is 211 cm³/mol. The molecule has 1 atom stereocenters. The molecule has 1 amide bonds. The number of aryl methyl sites for hydroxylation is 2. The Hall–Kier alpha value is -4.66. The predicted octanol–water partition coefficient (Wildman–Crippen LogP) is 8.90. The summed E-state index contributed by atoms with van der Waals surface area (Å²) in [4.78, 5) is 53.9. The topological polar surface area (TPSA) is 105 Å². The van der Waals surface area contributed by atoms with Crippen LogP contribution in [0.3, 0.4) is 0 Å². The fourth-order valence-electron chi connectivity index (χ4n) is 8.41. The standard InChI is InChI=1S/C44H56N4O5/c1-11-47(32-18-14-30(15-19-32)40(49)52-10)24-28(4)36-34-23-35(44(8,9)42(51)48-25-29-12-16-33(48)17-13-29)45-39(41(50)53-43(5,6)7)38(34)46-37(36)31-21-26(2)20-27(3)22-31/h14-15,18-23,28-29,33,46H,11-13,16-17,24-25H2,1-10H3/t28-,29?,33?/m1/s1. The van der Waals surface area contributed by atoms with E-state index in [4.69, 9.17) is 14.5 Å². The lowest BCUT2D eigenvalue weighted by Gasteiger charge is -2.47. The number of nitrogens with one attached hydrogen (secondary N) is 1. The van der Waals surface area contributed by atoms with Gasteiger partial charge in [0.1, 0.15) is 5.60 Å². The van der Waals surface area contributed by atoms with Gasteiger partial charge in [-0.15, -0.1) is 0 Å². The van der Waals surface area contributed by atoms with E-state index in [0.717, 1.165) is 65.0 Å². The number of rotatable bonds is 10. The third kappa shape index (κ3) is 7.71. The number of H-pyrrole nitrogens is 1. The van der Waals surface area contributed by atoms with E-state index in [1.165, 1.54) is 20.0 Å². The second kappa shape index (κ2) is 14.6. The van der Waals surface area contributed by atoms with Gasteiger partial charge in [-0.2, -0.15) is 0 Å². The average molecular weight is 721 g/mol. The number of pyridine rings is 1. The molecular formula is C44H56N4O5. The molecule has 2 aromatic carbocycles. The number of nitrogens with zero attached hydrogens (tertiary/aromatic N) is 3. The van der Waals surface area contributed by atoms with Gasteiger partial charge in [0.05, 0.1) is 35.0 Å². The molecule has 4 heterocycles. The van der Waals surface area contributed by atoms with Gasteiger partial charge in [-0.3, -0.25) is 4.79 Å². The van der Waals surface area contributed by atoms with E-state index < -0.39 is 17.0 Å².